The second kappa shape index (κ2) is 8.22. The zero-order chi connectivity index (χ0) is 21.1. The van der Waals surface area contributed by atoms with E-state index >= 15 is 0 Å². The third kappa shape index (κ3) is 3.87. The fourth-order valence-electron chi connectivity index (χ4n) is 3.07. The highest BCUT2D eigenvalue weighted by Gasteiger charge is 2.27. The number of hydrogen-bond acceptors (Lipinski definition) is 7. The normalized spacial score (nSPS) is 14.6. The Hall–Kier alpha value is -3.55. The molecule has 0 unspecified atom stereocenters. The lowest BCUT2D eigenvalue weighted by Crippen LogP contribution is -2.15. The Bertz CT molecular complexity index is 983. The second-order valence-electron chi connectivity index (χ2n) is 6.42. The van der Waals surface area contributed by atoms with Crippen LogP contribution in [0.5, 0.6) is 17.2 Å². The first-order valence-corrected chi connectivity index (χ1v) is 8.84. The van der Waals surface area contributed by atoms with E-state index in [0.717, 1.165) is 5.56 Å². The topological polar surface area (TPSA) is 100 Å². The smallest absolute Gasteiger partial charge is 0.342 e. The SMILES string of the molecule is COc1cc(OC)c(C(=O)OCC(=O)c2ccc3c(c2)[C@H](C)C(=O)N3)cc1OC. The van der Waals surface area contributed by atoms with Crippen LogP contribution in [0, 0.1) is 0 Å². The van der Waals surface area contributed by atoms with Crippen LogP contribution in [-0.2, 0) is 9.53 Å². The summed E-state index contributed by atoms with van der Waals surface area (Å²) in [5.74, 6) is -0.609. The third-order valence-corrected chi connectivity index (χ3v) is 4.75. The summed E-state index contributed by atoms with van der Waals surface area (Å²) in [5, 5.41) is 2.75. The number of nitrogens with one attached hydrogen (secondary N) is 1. The van der Waals surface area contributed by atoms with Crippen molar-refractivity contribution < 1.29 is 33.3 Å². The van der Waals surface area contributed by atoms with Gasteiger partial charge in [-0.25, -0.2) is 4.79 Å². The first-order valence-electron chi connectivity index (χ1n) is 8.84. The fraction of sp³-hybridized carbons (Fsp3) is 0.286. The van der Waals surface area contributed by atoms with Crippen LogP contribution < -0.4 is 19.5 Å². The Kier molecular flexibility index (Phi) is 5.72. The van der Waals surface area contributed by atoms with E-state index in [-0.39, 0.29) is 28.9 Å². The number of esters is 1. The molecule has 3 rings (SSSR count). The van der Waals surface area contributed by atoms with Gasteiger partial charge in [0.05, 0.1) is 27.2 Å². The Morgan fingerprint density at radius 1 is 0.966 bits per heavy atom. The third-order valence-electron chi connectivity index (χ3n) is 4.75. The Labute approximate surface area is 167 Å². The quantitative estimate of drug-likeness (QED) is 0.564. The number of carbonyl (C=O) groups excluding carboxylic acids is 3. The molecule has 1 atom stereocenters. The van der Waals surface area contributed by atoms with Crippen molar-refractivity contribution in [1.82, 2.24) is 0 Å². The summed E-state index contributed by atoms with van der Waals surface area (Å²) < 4.78 is 20.8. The molecule has 1 N–H and O–H groups in total. The first kappa shape index (κ1) is 20.2. The molecule has 0 aromatic heterocycles. The number of amides is 1. The van der Waals surface area contributed by atoms with Crippen molar-refractivity contribution in [3.05, 3.63) is 47.0 Å². The van der Waals surface area contributed by atoms with E-state index in [9.17, 15) is 14.4 Å². The molecule has 1 heterocycles. The van der Waals surface area contributed by atoms with Crippen LogP contribution in [0.3, 0.4) is 0 Å². The van der Waals surface area contributed by atoms with Crippen LogP contribution >= 0.6 is 0 Å². The van der Waals surface area contributed by atoms with Crippen molar-refractivity contribution in [2.24, 2.45) is 0 Å². The van der Waals surface area contributed by atoms with Crippen LogP contribution in [0.4, 0.5) is 5.69 Å². The van der Waals surface area contributed by atoms with Gasteiger partial charge in [-0.3, -0.25) is 9.59 Å². The molecule has 0 radical (unpaired) electrons. The minimum Gasteiger partial charge on any atom is -0.496 e. The molecule has 29 heavy (non-hydrogen) atoms. The van der Waals surface area contributed by atoms with Gasteiger partial charge in [-0.1, -0.05) is 0 Å². The monoisotopic (exact) mass is 399 g/mol. The number of rotatable bonds is 7. The molecule has 2 aromatic carbocycles. The van der Waals surface area contributed by atoms with Gasteiger partial charge >= 0.3 is 5.97 Å². The highest BCUT2D eigenvalue weighted by molar-refractivity contribution is 6.05. The fourth-order valence-corrected chi connectivity index (χ4v) is 3.07. The predicted octanol–water partition coefficient (Wildman–Crippen LogP) is 2.81. The van der Waals surface area contributed by atoms with Crippen molar-refractivity contribution in [3.8, 4) is 17.2 Å². The average Bonchev–Trinajstić information content (AvgIpc) is 3.03. The van der Waals surface area contributed by atoms with Gasteiger partial charge < -0.3 is 24.3 Å². The van der Waals surface area contributed by atoms with E-state index in [1.807, 2.05) is 0 Å². The van der Waals surface area contributed by atoms with E-state index < -0.39 is 12.6 Å². The maximum absolute atomic E-state index is 12.5. The maximum atomic E-state index is 12.5. The van der Waals surface area contributed by atoms with Crippen molar-refractivity contribution in [2.75, 3.05) is 33.3 Å². The van der Waals surface area contributed by atoms with Crippen LogP contribution in [0.2, 0.25) is 0 Å². The summed E-state index contributed by atoms with van der Waals surface area (Å²) in [4.78, 5) is 36.7. The zero-order valence-corrected chi connectivity index (χ0v) is 16.5. The van der Waals surface area contributed by atoms with Gasteiger partial charge in [-0.2, -0.15) is 0 Å². The van der Waals surface area contributed by atoms with E-state index in [1.165, 1.54) is 33.5 Å². The molecule has 8 heteroatoms. The van der Waals surface area contributed by atoms with Crippen molar-refractivity contribution in [3.63, 3.8) is 0 Å². The van der Waals surface area contributed by atoms with E-state index in [2.05, 4.69) is 5.32 Å². The highest BCUT2D eigenvalue weighted by atomic mass is 16.5. The molecule has 0 spiro atoms. The second-order valence-corrected chi connectivity index (χ2v) is 6.42. The number of anilines is 1. The number of methoxy groups -OCH3 is 3. The summed E-state index contributed by atoms with van der Waals surface area (Å²) >= 11 is 0. The Balaban J connectivity index is 1.74. The lowest BCUT2D eigenvalue weighted by Gasteiger charge is -2.13. The predicted molar refractivity (Wildman–Crippen MR) is 104 cm³/mol. The summed E-state index contributed by atoms with van der Waals surface area (Å²) in [5.41, 5.74) is 1.90. The molecule has 1 amide bonds. The van der Waals surface area contributed by atoms with Gasteiger partial charge in [-0.15, -0.1) is 0 Å². The molecule has 1 aliphatic heterocycles. The van der Waals surface area contributed by atoms with Crippen molar-refractivity contribution in [2.45, 2.75) is 12.8 Å². The molecule has 0 bridgehead atoms. The van der Waals surface area contributed by atoms with E-state index in [4.69, 9.17) is 18.9 Å². The van der Waals surface area contributed by atoms with Crippen molar-refractivity contribution in [1.29, 1.82) is 0 Å². The largest absolute Gasteiger partial charge is 0.496 e. The average molecular weight is 399 g/mol. The number of benzene rings is 2. The minimum atomic E-state index is -0.734. The molecular weight excluding hydrogens is 378 g/mol. The van der Waals surface area contributed by atoms with Crippen molar-refractivity contribution >= 4 is 23.3 Å². The highest BCUT2D eigenvalue weighted by Crippen LogP contribution is 2.35. The summed E-state index contributed by atoms with van der Waals surface area (Å²) in [6, 6.07) is 7.83. The lowest BCUT2D eigenvalue weighted by atomic mass is 9.99. The Morgan fingerprint density at radius 3 is 2.28 bits per heavy atom. The van der Waals surface area contributed by atoms with E-state index in [0.29, 0.717) is 22.7 Å². The van der Waals surface area contributed by atoms with Gasteiger partial charge in [0.2, 0.25) is 5.91 Å². The molecule has 8 nitrogen and oxygen atoms in total. The molecule has 0 fully saturated rings. The number of Topliss-reactive ketones (excluding diaryl/α,β-unsaturated/α-hetero) is 1. The minimum absolute atomic E-state index is 0.107. The molecule has 0 saturated heterocycles. The zero-order valence-electron chi connectivity index (χ0n) is 16.5. The summed E-state index contributed by atoms with van der Waals surface area (Å²) in [7, 11) is 4.32. The van der Waals surface area contributed by atoms with Crippen LogP contribution in [0.25, 0.3) is 0 Å². The number of fused-ring (bicyclic) bond motifs is 1. The molecule has 1 aliphatic rings. The molecule has 152 valence electrons. The number of carbonyl (C=O) groups is 3. The number of ether oxygens (including phenoxy) is 4. The molecule has 0 aliphatic carbocycles. The van der Waals surface area contributed by atoms with Gasteiger partial charge in [0, 0.05) is 23.4 Å². The standard InChI is InChI=1S/C21H21NO7/c1-11-13-7-12(5-6-15(13)22-20(11)24)16(23)10-29-21(25)14-8-18(27-3)19(28-4)9-17(14)26-2/h5-9,11H,10H2,1-4H3,(H,22,24)/t11-/m0/s1. The van der Waals surface area contributed by atoms with E-state index in [1.54, 1.807) is 25.1 Å². The van der Waals surface area contributed by atoms with Gasteiger partial charge in [0.15, 0.2) is 23.9 Å². The summed E-state index contributed by atoms with van der Waals surface area (Å²) in [6.45, 7) is 1.31. The van der Waals surface area contributed by atoms with Gasteiger partial charge in [-0.05, 0) is 30.7 Å². The number of ketones is 1. The van der Waals surface area contributed by atoms with Gasteiger partial charge in [0.1, 0.15) is 11.3 Å². The summed E-state index contributed by atoms with van der Waals surface area (Å²) in [6.07, 6.45) is 0. The van der Waals surface area contributed by atoms with Crippen LogP contribution in [-0.4, -0.2) is 45.6 Å². The molecular formula is C21H21NO7. The molecule has 0 saturated carbocycles. The first-order chi connectivity index (χ1) is 13.9. The van der Waals surface area contributed by atoms with Crippen LogP contribution in [0.1, 0.15) is 39.1 Å². The van der Waals surface area contributed by atoms with Crippen LogP contribution in [0.15, 0.2) is 30.3 Å². The number of hydrogen-bond donors (Lipinski definition) is 1. The molecule has 2 aromatic rings. The maximum Gasteiger partial charge on any atom is 0.342 e. The lowest BCUT2D eigenvalue weighted by molar-refractivity contribution is -0.116. The van der Waals surface area contributed by atoms with Gasteiger partial charge in [0.25, 0.3) is 0 Å². The Morgan fingerprint density at radius 2 is 1.62 bits per heavy atom.